The normalized spacial score (nSPS) is 10.2. The van der Waals surface area contributed by atoms with Crippen molar-refractivity contribution < 1.29 is 9.59 Å². The summed E-state index contributed by atoms with van der Waals surface area (Å²) in [6, 6.07) is 15.9. The minimum absolute atomic E-state index is 0.161. The maximum Gasteiger partial charge on any atom is 0.270 e. The molecule has 0 aliphatic carbocycles. The highest BCUT2D eigenvalue weighted by molar-refractivity contribution is 6.31. The third-order valence-electron chi connectivity index (χ3n) is 3.72. The van der Waals surface area contributed by atoms with Gasteiger partial charge in [-0.1, -0.05) is 35.9 Å². The zero-order valence-corrected chi connectivity index (χ0v) is 15.8. The van der Waals surface area contributed by atoms with Gasteiger partial charge in [0.25, 0.3) is 5.91 Å². The average Bonchev–Trinajstić information content (AvgIpc) is 2.67. The van der Waals surface area contributed by atoms with E-state index >= 15 is 0 Å². The van der Waals surface area contributed by atoms with Crippen molar-refractivity contribution in [2.45, 2.75) is 13.5 Å². The van der Waals surface area contributed by atoms with E-state index in [4.69, 9.17) is 11.6 Å². The lowest BCUT2D eigenvalue weighted by molar-refractivity contribution is -0.114. The first kappa shape index (κ1) is 19.3. The second kappa shape index (κ2) is 8.96. The van der Waals surface area contributed by atoms with E-state index in [0.29, 0.717) is 22.9 Å². The molecule has 0 bridgehead atoms. The van der Waals surface area contributed by atoms with Crippen molar-refractivity contribution in [3.63, 3.8) is 0 Å². The van der Waals surface area contributed by atoms with Crippen molar-refractivity contribution in [2.24, 2.45) is 0 Å². The number of hydrogen-bond donors (Lipinski definition) is 3. The number of halogens is 1. The molecule has 0 aliphatic rings. The van der Waals surface area contributed by atoms with Gasteiger partial charge in [-0.25, -0.2) is 9.97 Å². The van der Waals surface area contributed by atoms with Gasteiger partial charge in [0.2, 0.25) is 11.9 Å². The molecule has 1 aromatic heterocycles. The fraction of sp³-hybridized carbons (Fsp3) is 0.100. The van der Waals surface area contributed by atoms with Crippen LogP contribution in [0.1, 0.15) is 23.0 Å². The number of benzene rings is 2. The molecular weight excluding hydrogens is 378 g/mol. The maximum atomic E-state index is 12.4. The number of carbonyl (C=O) groups is 2. The van der Waals surface area contributed by atoms with E-state index in [0.717, 1.165) is 5.56 Å². The van der Waals surface area contributed by atoms with Crippen LogP contribution >= 0.6 is 11.6 Å². The Morgan fingerprint density at radius 1 is 1.04 bits per heavy atom. The molecule has 142 valence electrons. The zero-order chi connectivity index (χ0) is 19.9. The first-order valence-electron chi connectivity index (χ1n) is 8.50. The molecular formula is C20H18ClN5O2. The lowest BCUT2D eigenvalue weighted by Gasteiger charge is -2.09. The Morgan fingerprint density at radius 3 is 2.61 bits per heavy atom. The summed E-state index contributed by atoms with van der Waals surface area (Å²) >= 11 is 6.10. The molecule has 0 unspecified atom stereocenters. The van der Waals surface area contributed by atoms with Gasteiger partial charge >= 0.3 is 0 Å². The molecule has 2 amide bonds. The second-order valence-electron chi connectivity index (χ2n) is 5.93. The van der Waals surface area contributed by atoms with Crippen LogP contribution in [-0.4, -0.2) is 21.8 Å². The van der Waals surface area contributed by atoms with Crippen LogP contribution in [0, 0.1) is 0 Å². The smallest absolute Gasteiger partial charge is 0.270 e. The molecule has 3 rings (SSSR count). The van der Waals surface area contributed by atoms with Gasteiger partial charge in [-0.05, 0) is 35.9 Å². The molecule has 0 atom stereocenters. The molecule has 1 heterocycles. The van der Waals surface area contributed by atoms with Crippen LogP contribution in [0.4, 0.5) is 17.3 Å². The van der Waals surface area contributed by atoms with Crippen molar-refractivity contribution in [2.75, 3.05) is 10.6 Å². The molecule has 3 aromatic rings. The third kappa shape index (κ3) is 5.28. The molecule has 3 N–H and O–H groups in total. The van der Waals surface area contributed by atoms with Crippen molar-refractivity contribution in [3.05, 3.63) is 77.1 Å². The largest absolute Gasteiger partial charge is 0.347 e. The Morgan fingerprint density at radius 2 is 1.82 bits per heavy atom. The Bertz CT molecular complexity index is 1010. The number of rotatable bonds is 6. The minimum Gasteiger partial charge on any atom is -0.347 e. The van der Waals surface area contributed by atoms with Crippen molar-refractivity contribution in [1.82, 2.24) is 15.3 Å². The molecule has 7 nitrogen and oxygen atoms in total. The van der Waals surface area contributed by atoms with Crippen molar-refractivity contribution in [1.29, 1.82) is 0 Å². The predicted molar refractivity (Wildman–Crippen MR) is 109 cm³/mol. The van der Waals surface area contributed by atoms with Crippen LogP contribution < -0.4 is 16.0 Å². The van der Waals surface area contributed by atoms with Gasteiger partial charge in [-0.3, -0.25) is 9.59 Å². The lowest BCUT2D eigenvalue weighted by Crippen LogP contribution is -2.24. The molecule has 0 saturated carbocycles. The lowest BCUT2D eigenvalue weighted by atomic mass is 10.2. The van der Waals surface area contributed by atoms with Crippen molar-refractivity contribution >= 4 is 40.7 Å². The highest BCUT2D eigenvalue weighted by atomic mass is 35.5. The fourth-order valence-electron chi connectivity index (χ4n) is 2.46. The number of hydrogen-bond acceptors (Lipinski definition) is 5. The first-order chi connectivity index (χ1) is 13.5. The first-order valence-corrected chi connectivity index (χ1v) is 8.88. The van der Waals surface area contributed by atoms with E-state index in [1.165, 1.54) is 19.2 Å². The molecule has 2 aromatic carbocycles. The molecule has 28 heavy (non-hydrogen) atoms. The Kier molecular flexibility index (Phi) is 6.18. The minimum atomic E-state index is -0.336. The highest BCUT2D eigenvalue weighted by Crippen LogP contribution is 2.18. The van der Waals surface area contributed by atoms with E-state index < -0.39 is 0 Å². The van der Waals surface area contributed by atoms with E-state index in [9.17, 15) is 9.59 Å². The molecule has 0 spiro atoms. The predicted octanol–water partition coefficient (Wildman–Crippen LogP) is 3.76. The highest BCUT2D eigenvalue weighted by Gasteiger charge is 2.10. The number of anilines is 3. The van der Waals surface area contributed by atoms with E-state index in [1.54, 1.807) is 30.3 Å². The Labute approximate surface area is 167 Å². The van der Waals surface area contributed by atoms with E-state index in [-0.39, 0.29) is 23.5 Å². The fourth-order valence-corrected chi connectivity index (χ4v) is 2.66. The molecule has 8 heteroatoms. The van der Waals surface area contributed by atoms with Gasteiger partial charge in [-0.2, -0.15) is 0 Å². The molecule has 0 aliphatic heterocycles. The summed E-state index contributed by atoms with van der Waals surface area (Å²) in [4.78, 5) is 31.9. The topological polar surface area (TPSA) is 96.0 Å². The van der Waals surface area contributed by atoms with Gasteiger partial charge in [0.15, 0.2) is 0 Å². The number of amides is 2. The van der Waals surface area contributed by atoms with Gasteiger partial charge in [-0.15, -0.1) is 0 Å². The number of nitrogens with zero attached hydrogens (tertiary/aromatic N) is 2. The Hall–Kier alpha value is -3.45. The number of nitrogens with one attached hydrogen (secondary N) is 3. The second-order valence-corrected chi connectivity index (χ2v) is 6.33. The van der Waals surface area contributed by atoms with Crippen molar-refractivity contribution in [3.8, 4) is 0 Å². The SMILES string of the molecule is CC(=O)Nc1cccc(Nc2nccc(C(=O)NCc3ccccc3Cl)n2)c1. The maximum absolute atomic E-state index is 12.4. The van der Waals surface area contributed by atoms with Crippen LogP contribution in [-0.2, 0) is 11.3 Å². The summed E-state index contributed by atoms with van der Waals surface area (Å²) in [5, 5.41) is 9.10. The molecule has 0 saturated heterocycles. The number of aromatic nitrogens is 2. The van der Waals surface area contributed by atoms with Gasteiger partial charge in [0.05, 0.1) is 0 Å². The van der Waals surface area contributed by atoms with E-state index in [1.807, 2.05) is 18.2 Å². The summed E-state index contributed by atoms with van der Waals surface area (Å²) in [5.74, 6) is -0.228. The van der Waals surface area contributed by atoms with Crippen LogP contribution in [0.3, 0.4) is 0 Å². The third-order valence-corrected chi connectivity index (χ3v) is 4.09. The summed E-state index contributed by atoms with van der Waals surface area (Å²) < 4.78 is 0. The summed E-state index contributed by atoms with van der Waals surface area (Å²) in [6.07, 6.45) is 1.50. The summed E-state index contributed by atoms with van der Waals surface area (Å²) in [5.41, 5.74) is 2.37. The quantitative estimate of drug-likeness (QED) is 0.590. The Balaban J connectivity index is 1.67. The van der Waals surface area contributed by atoms with Gasteiger partial charge in [0.1, 0.15) is 5.69 Å². The molecule has 0 radical (unpaired) electrons. The summed E-state index contributed by atoms with van der Waals surface area (Å²) in [7, 11) is 0. The zero-order valence-electron chi connectivity index (χ0n) is 15.1. The van der Waals surface area contributed by atoms with Crippen LogP contribution in [0.25, 0.3) is 0 Å². The standard InChI is InChI=1S/C20H18ClN5O2/c1-13(27)24-15-6-4-7-16(11-15)25-20-22-10-9-18(26-20)19(28)23-12-14-5-2-3-8-17(14)21/h2-11H,12H2,1H3,(H,23,28)(H,24,27)(H,22,25,26). The molecule has 0 fully saturated rings. The summed E-state index contributed by atoms with van der Waals surface area (Å²) in [6.45, 7) is 1.73. The number of carbonyl (C=O) groups excluding carboxylic acids is 2. The average molecular weight is 396 g/mol. The van der Waals surface area contributed by atoms with E-state index in [2.05, 4.69) is 25.9 Å². The van der Waals surface area contributed by atoms with Crippen LogP contribution in [0.15, 0.2) is 60.8 Å². The van der Waals surface area contributed by atoms with Crippen LogP contribution in [0.5, 0.6) is 0 Å². The monoisotopic (exact) mass is 395 g/mol. The van der Waals surface area contributed by atoms with Gasteiger partial charge in [0, 0.05) is 36.1 Å². The van der Waals surface area contributed by atoms with Crippen LogP contribution in [0.2, 0.25) is 5.02 Å². The van der Waals surface area contributed by atoms with Gasteiger partial charge < -0.3 is 16.0 Å².